The Kier molecular flexibility index (Phi) is 4.45. The number of hydrogen-bond donors (Lipinski definition) is 2. The van der Waals surface area contributed by atoms with Gasteiger partial charge in [0.15, 0.2) is 0 Å². The molecule has 0 saturated carbocycles. The van der Waals surface area contributed by atoms with Crippen LogP contribution in [-0.2, 0) is 7.05 Å². The fourth-order valence-corrected chi connectivity index (χ4v) is 1.67. The summed E-state index contributed by atoms with van der Waals surface area (Å²) in [6.07, 6.45) is 1.84. The molecule has 3 N–H and O–H groups in total. The maximum atomic E-state index is 10.9. The molecule has 1 heterocycles. The Morgan fingerprint density at radius 3 is 2.76 bits per heavy atom. The summed E-state index contributed by atoms with van der Waals surface area (Å²) in [4.78, 5) is 14.3. The van der Waals surface area contributed by atoms with E-state index in [-0.39, 0.29) is 11.9 Å². The van der Waals surface area contributed by atoms with Crippen LogP contribution in [0.2, 0.25) is 0 Å². The number of imidazole rings is 1. The van der Waals surface area contributed by atoms with E-state index >= 15 is 0 Å². The number of aromatic nitrogens is 2. The van der Waals surface area contributed by atoms with Gasteiger partial charge < -0.3 is 21.2 Å². The molecule has 96 valence electrons. The molecule has 0 aliphatic carbocycles. The van der Waals surface area contributed by atoms with Crippen molar-refractivity contribution in [3.63, 3.8) is 0 Å². The minimum atomic E-state index is -0.477. The molecule has 7 heteroatoms. The maximum absolute atomic E-state index is 10.9. The van der Waals surface area contributed by atoms with Gasteiger partial charge in [0.1, 0.15) is 0 Å². The Morgan fingerprint density at radius 2 is 2.29 bits per heavy atom. The van der Waals surface area contributed by atoms with Gasteiger partial charge in [-0.25, -0.2) is 0 Å². The predicted molar refractivity (Wildman–Crippen MR) is 66.0 cm³/mol. The third-order valence-electron chi connectivity index (χ3n) is 2.74. The number of nitrogens with two attached hydrogens (primary N) is 1. The minimum Gasteiger partial charge on any atom is -0.360 e. The molecule has 0 fully saturated rings. The van der Waals surface area contributed by atoms with Crippen molar-refractivity contribution in [1.82, 2.24) is 9.55 Å². The summed E-state index contributed by atoms with van der Waals surface area (Å²) in [6.45, 7) is 4.22. The summed E-state index contributed by atoms with van der Waals surface area (Å²) in [6, 6.07) is 0.0356. The minimum absolute atomic E-state index is 0.0356. The summed E-state index contributed by atoms with van der Waals surface area (Å²) in [5, 5.41) is 14.0. The number of nitro groups is 1. The summed E-state index contributed by atoms with van der Waals surface area (Å²) >= 11 is 0. The molecule has 0 radical (unpaired) electrons. The van der Waals surface area contributed by atoms with Crippen LogP contribution >= 0.6 is 0 Å². The van der Waals surface area contributed by atoms with Crippen LogP contribution in [0, 0.1) is 17.0 Å². The zero-order valence-corrected chi connectivity index (χ0v) is 10.4. The lowest BCUT2D eigenvalue weighted by molar-refractivity contribution is -0.388. The van der Waals surface area contributed by atoms with Crippen LogP contribution in [-0.4, -0.2) is 27.1 Å². The molecule has 17 heavy (non-hydrogen) atoms. The lowest BCUT2D eigenvalue weighted by Gasteiger charge is -2.16. The van der Waals surface area contributed by atoms with Crippen molar-refractivity contribution in [2.75, 3.05) is 11.9 Å². The summed E-state index contributed by atoms with van der Waals surface area (Å²) in [5.41, 5.74) is 5.63. The van der Waals surface area contributed by atoms with E-state index in [0.717, 1.165) is 12.8 Å². The van der Waals surface area contributed by atoms with Crippen LogP contribution in [0.5, 0.6) is 0 Å². The first kappa shape index (κ1) is 13.4. The van der Waals surface area contributed by atoms with Crippen LogP contribution in [0.15, 0.2) is 0 Å². The van der Waals surface area contributed by atoms with Crippen molar-refractivity contribution in [3.8, 4) is 0 Å². The van der Waals surface area contributed by atoms with Gasteiger partial charge in [0.05, 0.1) is 0 Å². The Bertz CT molecular complexity index is 402. The van der Waals surface area contributed by atoms with Gasteiger partial charge in [0.25, 0.3) is 0 Å². The number of nitrogens with one attached hydrogen (secondary N) is 1. The van der Waals surface area contributed by atoms with Gasteiger partial charge in [-0.3, -0.25) is 4.57 Å². The molecule has 1 aromatic rings. The number of aryl methyl sites for hydroxylation is 1. The van der Waals surface area contributed by atoms with Crippen LogP contribution in [0.3, 0.4) is 0 Å². The van der Waals surface area contributed by atoms with Crippen molar-refractivity contribution in [2.45, 2.75) is 32.7 Å². The second kappa shape index (κ2) is 5.62. The molecular formula is C10H19N5O2. The molecule has 0 aromatic carbocycles. The summed E-state index contributed by atoms with van der Waals surface area (Å²) < 4.78 is 1.68. The van der Waals surface area contributed by atoms with Gasteiger partial charge in [0.2, 0.25) is 11.6 Å². The Hall–Kier alpha value is -1.63. The van der Waals surface area contributed by atoms with Gasteiger partial charge in [0, 0.05) is 26.6 Å². The lowest BCUT2D eigenvalue weighted by Crippen LogP contribution is -2.29. The monoisotopic (exact) mass is 241 g/mol. The highest BCUT2D eigenvalue weighted by Crippen LogP contribution is 2.24. The Labute approximate surface area is 100 Å². The smallest absolute Gasteiger partial charge is 0.360 e. The topological polar surface area (TPSA) is 99.0 Å². The number of hydrogen-bond acceptors (Lipinski definition) is 5. The first-order valence-electron chi connectivity index (χ1n) is 5.65. The van der Waals surface area contributed by atoms with Crippen LogP contribution in [0.4, 0.5) is 11.6 Å². The highest BCUT2D eigenvalue weighted by atomic mass is 16.6. The van der Waals surface area contributed by atoms with Gasteiger partial charge in [-0.05, 0) is 16.3 Å². The highest BCUT2D eigenvalue weighted by molar-refractivity contribution is 5.54. The first-order valence-corrected chi connectivity index (χ1v) is 5.65. The average Bonchev–Trinajstić information content (AvgIpc) is 2.56. The van der Waals surface area contributed by atoms with E-state index in [9.17, 15) is 10.1 Å². The van der Waals surface area contributed by atoms with Crippen LogP contribution < -0.4 is 11.1 Å². The van der Waals surface area contributed by atoms with E-state index in [0.29, 0.717) is 18.2 Å². The van der Waals surface area contributed by atoms with Gasteiger partial charge in [-0.1, -0.05) is 13.3 Å². The maximum Gasteiger partial charge on any atom is 0.406 e. The molecule has 0 aliphatic heterocycles. The number of rotatable bonds is 6. The molecular weight excluding hydrogens is 222 g/mol. The van der Waals surface area contributed by atoms with E-state index in [1.165, 1.54) is 0 Å². The fraction of sp³-hybridized carbons (Fsp3) is 0.700. The molecule has 1 rings (SSSR count). The van der Waals surface area contributed by atoms with Gasteiger partial charge in [-0.2, -0.15) is 0 Å². The second-order valence-corrected chi connectivity index (χ2v) is 4.01. The van der Waals surface area contributed by atoms with Gasteiger partial charge >= 0.3 is 5.82 Å². The van der Waals surface area contributed by atoms with Gasteiger partial charge in [-0.15, -0.1) is 0 Å². The molecule has 0 saturated heterocycles. The molecule has 7 nitrogen and oxygen atoms in total. The Morgan fingerprint density at radius 1 is 1.65 bits per heavy atom. The molecule has 1 aromatic heterocycles. The molecule has 1 atom stereocenters. The van der Waals surface area contributed by atoms with E-state index in [2.05, 4.69) is 10.3 Å². The fourth-order valence-electron chi connectivity index (χ4n) is 1.67. The standard InChI is InChI=1S/C10H19N5O2/c1-4-5-8(6-11)13-9-10(15(16)17)12-7(2)14(9)3/h8,13H,4-6,11H2,1-3H3. The number of anilines is 1. The quantitative estimate of drug-likeness (QED) is 0.575. The van der Waals surface area contributed by atoms with E-state index in [1.54, 1.807) is 18.5 Å². The Balaban J connectivity index is 2.99. The second-order valence-electron chi connectivity index (χ2n) is 4.01. The van der Waals surface area contributed by atoms with E-state index in [4.69, 9.17) is 5.73 Å². The zero-order chi connectivity index (χ0) is 13.0. The molecule has 0 bridgehead atoms. The zero-order valence-electron chi connectivity index (χ0n) is 10.4. The molecule has 0 amide bonds. The SMILES string of the molecule is CCCC(CN)Nc1c([N+](=O)[O-])nc(C)n1C. The first-order chi connectivity index (χ1) is 8.01. The highest BCUT2D eigenvalue weighted by Gasteiger charge is 2.24. The summed E-state index contributed by atoms with van der Waals surface area (Å²) in [7, 11) is 1.75. The molecule has 1 unspecified atom stereocenters. The largest absolute Gasteiger partial charge is 0.406 e. The summed E-state index contributed by atoms with van der Waals surface area (Å²) in [5.74, 6) is 0.891. The molecule has 0 spiro atoms. The predicted octanol–water partition coefficient (Wildman–Crippen LogP) is 1.18. The van der Waals surface area contributed by atoms with Crippen LogP contribution in [0.1, 0.15) is 25.6 Å². The van der Waals surface area contributed by atoms with Crippen molar-refractivity contribution in [2.24, 2.45) is 12.8 Å². The van der Waals surface area contributed by atoms with E-state index in [1.807, 2.05) is 6.92 Å². The molecule has 0 aliphatic rings. The number of nitrogens with zero attached hydrogens (tertiary/aromatic N) is 3. The van der Waals surface area contributed by atoms with Crippen molar-refractivity contribution >= 4 is 11.6 Å². The van der Waals surface area contributed by atoms with Crippen molar-refractivity contribution in [3.05, 3.63) is 15.9 Å². The van der Waals surface area contributed by atoms with E-state index < -0.39 is 4.92 Å². The normalized spacial score (nSPS) is 12.5. The van der Waals surface area contributed by atoms with Crippen molar-refractivity contribution in [1.29, 1.82) is 0 Å². The third kappa shape index (κ3) is 2.94. The average molecular weight is 241 g/mol. The lowest BCUT2D eigenvalue weighted by atomic mass is 10.2. The third-order valence-corrected chi connectivity index (χ3v) is 2.74. The van der Waals surface area contributed by atoms with Crippen molar-refractivity contribution < 1.29 is 4.92 Å². The van der Waals surface area contributed by atoms with Crippen LogP contribution in [0.25, 0.3) is 0 Å².